The molecule has 3 aromatic carbocycles. The molecular formula is C24H16Cl2N4O. The summed E-state index contributed by atoms with van der Waals surface area (Å²) >= 11 is 12.8. The third-order valence-electron chi connectivity index (χ3n) is 5.68. The average Bonchev–Trinajstić information content (AvgIpc) is 3.26. The summed E-state index contributed by atoms with van der Waals surface area (Å²) in [5.41, 5.74) is 4.90. The van der Waals surface area contributed by atoms with Gasteiger partial charge in [-0.1, -0.05) is 71.7 Å². The first-order chi connectivity index (χ1) is 15.2. The number of para-hydroxylation sites is 1. The van der Waals surface area contributed by atoms with Gasteiger partial charge in [0, 0.05) is 26.7 Å². The van der Waals surface area contributed by atoms with Gasteiger partial charge in [-0.2, -0.15) is 10.1 Å². The number of halogens is 2. The number of ether oxygens (including phenoxy) is 1. The van der Waals surface area contributed by atoms with Gasteiger partial charge in [0.15, 0.2) is 6.10 Å². The van der Waals surface area contributed by atoms with E-state index in [1.165, 1.54) is 0 Å². The predicted molar refractivity (Wildman–Crippen MR) is 121 cm³/mol. The molecule has 152 valence electrons. The molecule has 0 spiro atoms. The first-order valence-electron chi connectivity index (χ1n) is 9.87. The molecule has 0 unspecified atom stereocenters. The Kier molecular flexibility index (Phi) is 4.26. The van der Waals surface area contributed by atoms with Crippen molar-refractivity contribution in [3.63, 3.8) is 0 Å². The van der Waals surface area contributed by atoms with Crippen LogP contribution in [0.5, 0.6) is 5.75 Å². The van der Waals surface area contributed by atoms with Crippen LogP contribution in [0.1, 0.15) is 28.8 Å². The molecule has 6 rings (SSSR count). The Morgan fingerprint density at radius 2 is 1.74 bits per heavy atom. The Bertz CT molecular complexity index is 1330. The van der Waals surface area contributed by atoms with Crippen molar-refractivity contribution in [2.24, 2.45) is 0 Å². The van der Waals surface area contributed by atoms with E-state index in [0.717, 1.165) is 33.7 Å². The van der Waals surface area contributed by atoms with Gasteiger partial charge in [0.2, 0.25) is 5.95 Å². The van der Waals surface area contributed by atoms with Crippen LogP contribution in [0.2, 0.25) is 10.0 Å². The summed E-state index contributed by atoms with van der Waals surface area (Å²) in [6, 6.07) is 23.5. The van der Waals surface area contributed by atoms with Crippen LogP contribution in [0.25, 0.3) is 5.70 Å². The Labute approximate surface area is 188 Å². The fraction of sp³-hybridized carbons (Fsp3) is 0.0833. The molecular weight excluding hydrogens is 431 g/mol. The van der Waals surface area contributed by atoms with E-state index in [0.29, 0.717) is 16.0 Å². The lowest BCUT2D eigenvalue weighted by Gasteiger charge is -2.39. The van der Waals surface area contributed by atoms with Gasteiger partial charge in [0.25, 0.3) is 0 Å². The number of fused-ring (bicyclic) bond motifs is 3. The molecule has 0 bridgehead atoms. The molecule has 0 aliphatic carbocycles. The number of rotatable bonds is 2. The highest BCUT2D eigenvalue weighted by Gasteiger charge is 2.41. The zero-order valence-corrected chi connectivity index (χ0v) is 17.7. The molecule has 2 aliphatic rings. The molecule has 5 nitrogen and oxygen atoms in total. The van der Waals surface area contributed by atoms with Crippen molar-refractivity contribution < 1.29 is 4.74 Å². The van der Waals surface area contributed by atoms with Crippen LogP contribution in [0.3, 0.4) is 0 Å². The Hall–Kier alpha value is -3.28. The third kappa shape index (κ3) is 2.92. The summed E-state index contributed by atoms with van der Waals surface area (Å²) in [7, 11) is 0. The van der Waals surface area contributed by atoms with Gasteiger partial charge < -0.3 is 10.1 Å². The third-order valence-corrected chi connectivity index (χ3v) is 6.24. The molecule has 31 heavy (non-hydrogen) atoms. The maximum atomic E-state index is 6.65. The van der Waals surface area contributed by atoms with E-state index in [-0.39, 0.29) is 6.04 Å². The molecule has 1 N–H and O–H groups in total. The minimum atomic E-state index is -0.426. The molecule has 7 heteroatoms. The van der Waals surface area contributed by atoms with E-state index in [2.05, 4.69) is 27.5 Å². The van der Waals surface area contributed by atoms with E-state index in [1.807, 2.05) is 59.3 Å². The van der Waals surface area contributed by atoms with E-state index in [1.54, 1.807) is 12.4 Å². The molecule has 3 heterocycles. The van der Waals surface area contributed by atoms with E-state index >= 15 is 0 Å². The summed E-state index contributed by atoms with van der Waals surface area (Å²) in [5.74, 6) is 1.47. The van der Waals surface area contributed by atoms with E-state index in [4.69, 9.17) is 27.9 Å². The Balaban J connectivity index is 1.65. The lowest BCUT2D eigenvalue weighted by Crippen LogP contribution is -2.32. The van der Waals surface area contributed by atoms with Crippen molar-refractivity contribution in [3.05, 3.63) is 111 Å². The fourth-order valence-electron chi connectivity index (χ4n) is 4.35. The van der Waals surface area contributed by atoms with E-state index < -0.39 is 6.10 Å². The van der Waals surface area contributed by atoms with Gasteiger partial charge in [-0.05, 0) is 29.8 Å². The predicted octanol–water partition coefficient (Wildman–Crippen LogP) is 6.14. The second kappa shape index (κ2) is 7.15. The molecule has 2 atom stereocenters. The van der Waals surface area contributed by atoms with Crippen molar-refractivity contribution in [1.82, 2.24) is 14.8 Å². The normalized spacial score (nSPS) is 19.0. The molecule has 0 saturated carbocycles. The minimum absolute atomic E-state index is 0.208. The molecule has 1 aromatic heterocycles. The lowest BCUT2D eigenvalue weighted by atomic mass is 9.84. The summed E-state index contributed by atoms with van der Waals surface area (Å²) in [4.78, 5) is 4.45. The van der Waals surface area contributed by atoms with Gasteiger partial charge >= 0.3 is 0 Å². The minimum Gasteiger partial charge on any atom is -0.480 e. The van der Waals surface area contributed by atoms with Crippen molar-refractivity contribution in [2.45, 2.75) is 12.1 Å². The van der Waals surface area contributed by atoms with Gasteiger partial charge in [0.1, 0.15) is 18.1 Å². The highest BCUT2D eigenvalue weighted by Crippen LogP contribution is 2.51. The van der Waals surface area contributed by atoms with Gasteiger partial charge in [-0.15, -0.1) is 0 Å². The van der Waals surface area contributed by atoms with Crippen LogP contribution in [0, 0.1) is 0 Å². The van der Waals surface area contributed by atoms with Gasteiger partial charge in [0.05, 0.1) is 5.70 Å². The van der Waals surface area contributed by atoms with Crippen LogP contribution < -0.4 is 10.1 Å². The number of nitrogens with one attached hydrogen (secondary N) is 1. The van der Waals surface area contributed by atoms with Crippen molar-refractivity contribution in [2.75, 3.05) is 5.32 Å². The second-order valence-corrected chi connectivity index (χ2v) is 8.30. The standard InChI is InChI=1S/C24H16Cl2N4O/c25-15-10-11-16(18(26)12-15)23-20-21(17-8-4-5-9-19(17)31-23)29-24-27-13-28-30(24)22(20)14-6-2-1-3-7-14/h1-13,22-23H,(H,27,28,29)/t22-,23-/m0/s1. The van der Waals surface area contributed by atoms with Gasteiger partial charge in [-0.25, -0.2) is 4.68 Å². The van der Waals surface area contributed by atoms with Gasteiger partial charge in [-0.3, -0.25) is 0 Å². The van der Waals surface area contributed by atoms with Crippen molar-refractivity contribution in [3.8, 4) is 5.75 Å². The average molecular weight is 447 g/mol. The SMILES string of the molecule is Clc1ccc([C@@H]2Oc3ccccc3C3=C2[C@H](c2ccccc2)n2ncnc2N3)c(Cl)c1. The number of nitrogens with zero attached hydrogens (tertiary/aromatic N) is 3. The summed E-state index contributed by atoms with van der Waals surface area (Å²) in [6.45, 7) is 0. The maximum absolute atomic E-state index is 6.65. The monoisotopic (exact) mass is 446 g/mol. The van der Waals surface area contributed by atoms with Crippen LogP contribution in [0.4, 0.5) is 5.95 Å². The quantitative estimate of drug-likeness (QED) is 0.401. The highest BCUT2D eigenvalue weighted by atomic mass is 35.5. The van der Waals surface area contributed by atoms with Crippen LogP contribution in [-0.4, -0.2) is 14.8 Å². The molecule has 0 radical (unpaired) electrons. The van der Waals surface area contributed by atoms with Crippen LogP contribution in [-0.2, 0) is 0 Å². The number of anilines is 1. The Morgan fingerprint density at radius 1 is 0.935 bits per heavy atom. The molecule has 4 aromatic rings. The second-order valence-electron chi connectivity index (χ2n) is 7.46. The number of hydrogen-bond acceptors (Lipinski definition) is 4. The summed E-state index contributed by atoms with van der Waals surface area (Å²) in [6.07, 6.45) is 1.14. The molecule has 0 amide bonds. The topological polar surface area (TPSA) is 52.0 Å². The number of benzene rings is 3. The number of aromatic nitrogens is 3. The van der Waals surface area contributed by atoms with Crippen LogP contribution in [0.15, 0.2) is 84.7 Å². The molecule has 0 saturated heterocycles. The smallest absolute Gasteiger partial charge is 0.226 e. The first-order valence-corrected chi connectivity index (χ1v) is 10.6. The van der Waals surface area contributed by atoms with Crippen molar-refractivity contribution in [1.29, 1.82) is 0 Å². The Morgan fingerprint density at radius 3 is 2.58 bits per heavy atom. The maximum Gasteiger partial charge on any atom is 0.226 e. The molecule has 2 aliphatic heterocycles. The number of hydrogen-bond donors (Lipinski definition) is 1. The highest BCUT2D eigenvalue weighted by molar-refractivity contribution is 6.35. The first kappa shape index (κ1) is 18.5. The van der Waals surface area contributed by atoms with Crippen LogP contribution >= 0.6 is 23.2 Å². The largest absolute Gasteiger partial charge is 0.480 e. The zero-order chi connectivity index (χ0) is 20.9. The van der Waals surface area contributed by atoms with Crippen molar-refractivity contribution >= 4 is 34.8 Å². The fourth-order valence-corrected chi connectivity index (χ4v) is 4.85. The molecule has 0 fully saturated rings. The van der Waals surface area contributed by atoms with E-state index in [9.17, 15) is 0 Å². The zero-order valence-electron chi connectivity index (χ0n) is 16.2. The lowest BCUT2D eigenvalue weighted by molar-refractivity contribution is 0.223. The summed E-state index contributed by atoms with van der Waals surface area (Å²) < 4.78 is 8.46. The summed E-state index contributed by atoms with van der Waals surface area (Å²) in [5, 5.41) is 9.15.